The second-order valence-electron chi connectivity index (χ2n) is 5.78. The van der Waals surface area contributed by atoms with Gasteiger partial charge in [0.1, 0.15) is 17.1 Å². The number of para-hydroxylation sites is 1. The lowest BCUT2D eigenvalue weighted by molar-refractivity contribution is 0.0600. The van der Waals surface area contributed by atoms with Gasteiger partial charge in [0, 0.05) is 18.5 Å². The minimum absolute atomic E-state index is 0.198. The van der Waals surface area contributed by atoms with Crippen LogP contribution < -0.4 is 5.56 Å². The lowest BCUT2D eigenvalue weighted by Gasteiger charge is -2.09. The zero-order chi connectivity index (χ0) is 18.3. The Kier molecular flexibility index (Phi) is 3.65. The zero-order valence-corrected chi connectivity index (χ0v) is 14.1. The zero-order valence-electron chi connectivity index (χ0n) is 14.1. The smallest absolute Gasteiger partial charge is 0.341 e. The first-order chi connectivity index (χ1) is 12.6. The topological polar surface area (TPSA) is 94.8 Å². The van der Waals surface area contributed by atoms with E-state index in [4.69, 9.17) is 4.74 Å². The fraction of sp³-hybridized carbons (Fsp3) is 0.111. The molecule has 0 saturated carbocycles. The number of aryl methyl sites for hydroxylation is 1. The van der Waals surface area contributed by atoms with Gasteiger partial charge in [-0.25, -0.2) is 4.79 Å². The molecule has 8 heteroatoms. The lowest BCUT2D eigenvalue weighted by Crippen LogP contribution is -2.16. The normalized spacial score (nSPS) is 11.0. The van der Waals surface area contributed by atoms with E-state index in [2.05, 4.69) is 15.3 Å². The number of nitrogens with one attached hydrogen (secondary N) is 1. The molecule has 1 aromatic heterocycles. The van der Waals surface area contributed by atoms with Crippen LogP contribution in [0.3, 0.4) is 0 Å². The summed E-state index contributed by atoms with van der Waals surface area (Å²) in [4.78, 5) is 25.2. The van der Waals surface area contributed by atoms with Gasteiger partial charge < -0.3 is 9.30 Å². The summed E-state index contributed by atoms with van der Waals surface area (Å²) in [7, 11) is 1.29. The van der Waals surface area contributed by atoms with Crippen molar-refractivity contribution in [3.8, 4) is 22.8 Å². The summed E-state index contributed by atoms with van der Waals surface area (Å²) in [5, 5.41) is 11.1. The highest BCUT2D eigenvalue weighted by molar-refractivity contribution is 5.96. The van der Waals surface area contributed by atoms with Crippen LogP contribution in [-0.2, 0) is 4.74 Å². The Hall–Kier alpha value is -3.68. The fourth-order valence-electron chi connectivity index (χ4n) is 2.86. The van der Waals surface area contributed by atoms with E-state index in [0.717, 1.165) is 5.56 Å². The maximum atomic E-state index is 13.0. The van der Waals surface area contributed by atoms with Gasteiger partial charge in [0.25, 0.3) is 5.56 Å². The highest BCUT2D eigenvalue weighted by Crippen LogP contribution is 2.24. The van der Waals surface area contributed by atoms with Gasteiger partial charge in [-0.15, -0.1) is 0 Å². The van der Waals surface area contributed by atoms with Crippen molar-refractivity contribution in [1.82, 2.24) is 24.5 Å². The average Bonchev–Trinajstić information content (AvgIpc) is 3.30. The average molecular weight is 349 g/mol. The summed E-state index contributed by atoms with van der Waals surface area (Å²) in [5.41, 5.74) is 2.06. The van der Waals surface area contributed by atoms with Gasteiger partial charge in [0.2, 0.25) is 0 Å². The monoisotopic (exact) mass is 349 g/mol. The van der Waals surface area contributed by atoms with E-state index in [-0.39, 0.29) is 11.1 Å². The van der Waals surface area contributed by atoms with E-state index >= 15 is 0 Å². The van der Waals surface area contributed by atoms with Crippen molar-refractivity contribution in [1.29, 1.82) is 0 Å². The van der Waals surface area contributed by atoms with E-state index in [1.807, 2.05) is 31.2 Å². The number of pyridine rings is 1. The molecule has 0 aliphatic carbocycles. The van der Waals surface area contributed by atoms with Crippen LogP contribution in [-0.4, -0.2) is 37.6 Å². The number of carbonyl (C=O) groups is 1. The first kappa shape index (κ1) is 15.8. The van der Waals surface area contributed by atoms with Gasteiger partial charge in [-0.2, -0.15) is 14.9 Å². The van der Waals surface area contributed by atoms with Crippen LogP contribution in [0.4, 0.5) is 0 Å². The molecule has 130 valence electrons. The van der Waals surface area contributed by atoms with Crippen molar-refractivity contribution in [2.75, 3.05) is 7.11 Å². The van der Waals surface area contributed by atoms with Gasteiger partial charge >= 0.3 is 5.97 Å². The number of fused-ring (bicyclic) bond motifs is 1. The second-order valence-corrected chi connectivity index (χ2v) is 5.78. The Morgan fingerprint density at radius 3 is 2.69 bits per heavy atom. The van der Waals surface area contributed by atoms with Crippen LogP contribution >= 0.6 is 0 Å². The van der Waals surface area contributed by atoms with Crippen molar-refractivity contribution < 1.29 is 9.53 Å². The van der Waals surface area contributed by atoms with Gasteiger partial charge in [0.15, 0.2) is 0 Å². The summed E-state index contributed by atoms with van der Waals surface area (Å²) in [5.74, 6) is 0.0402. The Balaban J connectivity index is 2.03. The van der Waals surface area contributed by atoms with Gasteiger partial charge in [-0.05, 0) is 18.6 Å². The summed E-state index contributed by atoms with van der Waals surface area (Å²) < 4.78 is 7.79. The van der Waals surface area contributed by atoms with Crippen molar-refractivity contribution in [3.05, 3.63) is 70.4 Å². The Morgan fingerprint density at radius 1 is 1.19 bits per heavy atom. The minimum Gasteiger partial charge on any atom is -0.465 e. The number of methoxy groups -OCH3 is 1. The predicted octanol–water partition coefficient (Wildman–Crippen LogP) is 1.95. The summed E-state index contributed by atoms with van der Waals surface area (Å²) >= 11 is 0. The molecule has 0 atom stereocenters. The number of ether oxygens (including phenoxy) is 1. The highest BCUT2D eigenvalue weighted by atomic mass is 16.5. The minimum atomic E-state index is -0.571. The van der Waals surface area contributed by atoms with Crippen LogP contribution in [0.5, 0.6) is 0 Å². The number of H-pyrrole nitrogens is 1. The molecular formula is C18H15N5O3. The second kappa shape index (κ2) is 5.99. The highest BCUT2D eigenvalue weighted by Gasteiger charge is 2.25. The molecule has 0 bridgehead atoms. The summed E-state index contributed by atoms with van der Waals surface area (Å²) in [6.07, 6.45) is 4.77. The number of nitrogens with zero attached hydrogens (tertiary/aromatic N) is 4. The standard InChI is InChI=1S/C18H15N5O3/c1-11-5-3-4-6-14(11)23-17(24)12-9-22(15-7-8-19-20-15)10-13(16(12)21-23)18(25)26-2/h3-10H,1-2H3,(H,19,20). The summed E-state index contributed by atoms with van der Waals surface area (Å²) in [6, 6.07) is 9.15. The Labute approximate surface area is 148 Å². The molecule has 3 heterocycles. The molecule has 2 aliphatic rings. The quantitative estimate of drug-likeness (QED) is 0.571. The molecule has 26 heavy (non-hydrogen) atoms. The third-order valence-corrected chi connectivity index (χ3v) is 4.18. The summed E-state index contributed by atoms with van der Waals surface area (Å²) in [6.45, 7) is 1.90. The van der Waals surface area contributed by atoms with Gasteiger partial charge in [-0.1, -0.05) is 18.2 Å². The molecule has 1 N–H and O–H groups in total. The van der Waals surface area contributed by atoms with Crippen LogP contribution in [0.15, 0.2) is 53.7 Å². The number of aromatic amines is 1. The molecule has 0 spiro atoms. The van der Waals surface area contributed by atoms with E-state index in [1.54, 1.807) is 29.2 Å². The molecular weight excluding hydrogens is 334 g/mol. The number of hydrogen-bond acceptors (Lipinski definition) is 5. The van der Waals surface area contributed by atoms with E-state index in [1.165, 1.54) is 11.8 Å². The van der Waals surface area contributed by atoms with Crippen molar-refractivity contribution in [2.24, 2.45) is 0 Å². The Bertz CT molecular complexity index is 1120. The molecule has 0 saturated heterocycles. The molecule has 2 aromatic rings. The van der Waals surface area contributed by atoms with Crippen molar-refractivity contribution in [3.63, 3.8) is 0 Å². The van der Waals surface area contributed by atoms with Gasteiger partial charge in [0.05, 0.1) is 24.6 Å². The molecule has 0 fully saturated rings. The molecule has 2 aliphatic heterocycles. The maximum Gasteiger partial charge on any atom is 0.341 e. The van der Waals surface area contributed by atoms with Crippen molar-refractivity contribution in [2.45, 2.75) is 6.92 Å². The van der Waals surface area contributed by atoms with E-state index in [0.29, 0.717) is 22.8 Å². The number of benzene rings is 1. The first-order valence-electron chi connectivity index (χ1n) is 7.89. The van der Waals surface area contributed by atoms with Crippen LogP contribution in [0.1, 0.15) is 15.9 Å². The molecule has 8 nitrogen and oxygen atoms in total. The molecule has 0 amide bonds. The van der Waals surface area contributed by atoms with E-state index < -0.39 is 5.97 Å². The predicted molar refractivity (Wildman–Crippen MR) is 94.0 cm³/mol. The molecule has 0 unspecified atom stereocenters. The number of hydrogen-bond donors (Lipinski definition) is 1. The van der Waals surface area contributed by atoms with Crippen molar-refractivity contribution >= 4 is 5.97 Å². The third-order valence-electron chi connectivity index (χ3n) is 4.18. The van der Waals surface area contributed by atoms with E-state index in [9.17, 15) is 9.59 Å². The SMILES string of the molecule is COC(=O)c1cn(-c2ccn[nH]2)cc2c(=O)n(-c3ccccc3C)nc1-2. The first-order valence-corrected chi connectivity index (χ1v) is 7.89. The largest absolute Gasteiger partial charge is 0.465 e. The molecule has 0 radical (unpaired) electrons. The molecule has 4 rings (SSSR count). The molecule has 1 aromatic carbocycles. The number of aromatic nitrogens is 5. The Morgan fingerprint density at radius 2 is 2.00 bits per heavy atom. The van der Waals surface area contributed by atoms with Crippen LogP contribution in [0, 0.1) is 6.92 Å². The number of esters is 1. The maximum absolute atomic E-state index is 13.0. The van der Waals surface area contributed by atoms with Gasteiger partial charge in [-0.3, -0.25) is 9.89 Å². The van der Waals surface area contributed by atoms with Crippen LogP contribution in [0.25, 0.3) is 22.8 Å². The third kappa shape index (κ3) is 2.39. The van der Waals surface area contributed by atoms with Crippen LogP contribution in [0.2, 0.25) is 0 Å². The number of rotatable bonds is 3. The lowest BCUT2D eigenvalue weighted by atomic mass is 10.1. The fourth-order valence-corrected chi connectivity index (χ4v) is 2.86. The number of carbonyl (C=O) groups excluding carboxylic acids is 1.